The highest BCUT2D eigenvalue weighted by Gasteiger charge is 2.19. The molecule has 1 amide bonds. The summed E-state index contributed by atoms with van der Waals surface area (Å²) in [4.78, 5) is 13.5. The van der Waals surface area contributed by atoms with Gasteiger partial charge >= 0.3 is 0 Å². The van der Waals surface area contributed by atoms with Crippen LogP contribution in [0.4, 0.5) is 0 Å². The molecule has 0 aromatic carbocycles. The van der Waals surface area contributed by atoms with Crippen molar-refractivity contribution in [1.82, 2.24) is 4.90 Å². The van der Waals surface area contributed by atoms with Gasteiger partial charge in [-0.25, -0.2) is 0 Å². The molecule has 5 heteroatoms. The normalized spacial score (nSPS) is 12.6. The SMILES string of the molecule is CC(C)OCCN(C)C(=O)C(C)C(N)=S. The lowest BCUT2D eigenvalue weighted by molar-refractivity contribution is -0.132. The Morgan fingerprint density at radius 3 is 2.40 bits per heavy atom. The second kappa shape index (κ2) is 6.74. The number of hydrogen-bond donors (Lipinski definition) is 1. The lowest BCUT2D eigenvalue weighted by Gasteiger charge is -2.21. The second-order valence-electron chi connectivity index (χ2n) is 3.80. The predicted octanol–water partition coefficient (Wildman–Crippen LogP) is 0.792. The Labute approximate surface area is 96.8 Å². The first-order valence-electron chi connectivity index (χ1n) is 5.02. The van der Waals surface area contributed by atoms with Crippen LogP contribution in [-0.4, -0.2) is 42.1 Å². The molecular weight excluding hydrogens is 212 g/mol. The predicted molar refractivity (Wildman–Crippen MR) is 64.7 cm³/mol. The van der Waals surface area contributed by atoms with Crippen molar-refractivity contribution in [2.45, 2.75) is 26.9 Å². The van der Waals surface area contributed by atoms with Crippen LogP contribution >= 0.6 is 12.2 Å². The summed E-state index contributed by atoms with van der Waals surface area (Å²) in [5, 5.41) is 0. The van der Waals surface area contributed by atoms with Gasteiger partial charge in [-0.1, -0.05) is 12.2 Å². The summed E-state index contributed by atoms with van der Waals surface area (Å²) in [6, 6.07) is 0. The van der Waals surface area contributed by atoms with Crippen LogP contribution in [0.15, 0.2) is 0 Å². The molecule has 88 valence electrons. The van der Waals surface area contributed by atoms with E-state index in [4.69, 9.17) is 22.7 Å². The molecule has 0 aliphatic heterocycles. The molecular formula is C10H20N2O2S. The van der Waals surface area contributed by atoms with Crippen molar-refractivity contribution in [1.29, 1.82) is 0 Å². The summed E-state index contributed by atoms with van der Waals surface area (Å²) in [7, 11) is 1.72. The zero-order chi connectivity index (χ0) is 12.0. The van der Waals surface area contributed by atoms with E-state index >= 15 is 0 Å². The number of nitrogens with two attached hydrogens (primary N) is 1. The highest BCUT2D eigenvalue weighted by atomic mass is 32.1. The molecule has 15 heavy (non-hydrogen) atoms. The Balaban J connectivity index is 3.94. The average molecular weight is 232 g/mol. The van der Waals surface area contributed by atoms with Gasteiger partial charge in [0.05, 0.1) is 23.6 Å². The highest BCUT2D eigenvalue weighted by molar-refractivity contribution is 7.80. The summed E-state index contributed by atoms with van der Waals surface area (Å²) in [5.41, 5.74) is 5.40. The summed E-state index contributed by atoms with van der Waals surface area (Å²) in [6.07, 6.45) is 0.182. The van der Waals surface area contributed by atoms with E-state index in [0.717, 1.165) is 0 Å². The van der Waals surface area contributed by atoms with Gasteiger partial charge in [0.2, 0.25) is 5.91 Å². The van der Waals surface area contributed by atoms with Crippen molar-refractivity contribution in [3.8, 4) is 0 Å². The van der Waals surface area contributed by atoms with Crippen LogP contribution in [0.2, 0.25) is 0 Å². The Kier molecular flexibility index (Phi) is 6.43. The van der Waals surface area contributed by atoms with E-state index in [2.05, 4.69) is 0 Å². The molecule has 0 rings (SSSR count). The Hall–Kier alpha value is -0.680. The van der Waals surface area contributed by atoms with Gasteiger partial charge in [-0.3, -0.25) is 4.79 Å². The Morgan fingerprint density at radius 1 is 1.47 bits per heavy atom. The van der Waals surface area contributed by atoms with Gasteiger partial charge in [0, 0.05) is 13.6 Å². The quantitative estimate of drug-likeness (QED) is 0.688. The molecule has 0 bridgehead atoms. The zero-order valence-electron chi connectivity index (χ0n) is 9.82. The number of rotatable bonds is 6. The summed E-state index contributed by atoms with van der Waals surface area (Å²) in [5.74, 6) is -0.459. The molecule has 0 aromatic rings. The number of likely N-dealkylation sites (N-methyl/N-ethyl adjacent to an activating group) is 1. The van der Waals surface area contributed by atoms with Gasteiger partial charge in [-0.05, 0) is 20.8 Å². The first-order chi connectivity index (χ1) is 6.86. The van der Waals surface area contributed by atoms with Gasteiger partial charge in [-0.2, -0.15) is 0 Å². The van der Waals surface area contributed by atoms with Crippen molar-refractivity contribution in [3.05, 3.63) is 0 Å². The molecule has 0 saturated heterocycles. The molecule has 4 nitrogen and oxygen atoms in total. The van der Waals surface area contributed by atoms with E-state index in [0.29, 0.717) is 13.2 Å². The Bertz CT molecular complexity index is 231. The summed E-state index contributed by atoms with van der Waals surface area (Å²) < 4.78 is 5.34. The highest BCUT2D eigenvalue weighted by Crippen LogP contribution is 2.01. The van der Waals surface area contributed by atoms with E-state index in [9.17, 15) is 4.79 Å². The van der Waals surface area contributed by atoms with Crippen LogP contribution in [0.1, 0.15) is 20.8 Å². The molecule has 0 aromatic heterocycles. The van der Waals surface area contributed by atoms with Crippen molar-refractivity contribution in [2.24, 2.45) is 11.7 Å². The lowest BCUT2D eigenvalue weighted by Crippen LogP contribution is -2.39. The first kappa shape index (κ1) is 14.3. The lowest BCUT2D eigenvalue weighted by atomic mass is 10.1. The number of ether oxygens (including phenoxy) is 1. The van der Waals surface area contributed by atoms with Crippen LogP contribution < -0.4 is 5.73 Å². The molecule has 0 aliphatic carbocycles. The topological polar surface area (TPSA) is 55.6 Å². The summed E-state index contributed by atoms with van der Waals surface area (Å²) >= 11 is 4.77. The van der Waals surface area contributed by atoms with Crippen LogP contribution in [-0.2, 0) is 9.53 Å². The van der Waals surface area contributed by atoms with Gasteiger partial charge in [0.15, 0.2) is 0 Å². The van der Waals surface area contributed by atoms with Gasteiger partial charge < -0.3 is 15.4 Å². The van der Waals surface area contributed by atoms with Crippen LogP contribution in [0.5, 0.6) is 0 Å². The largest absolute Gasteiger partial charge is 0.393 e. The van der Waals surface area contributed by atoms with Crippen molar-refractivity contribution < 1.29 is 9.53 Å². The monoisotopic (exact) mass is 232 g/mol. The molecule has 0 fully saturated rings. The third-order valence-corrected chi connectivity index (χ3v) is 2.40. The standard InChI is InChI=1S/C10H20N2O2S/c1-7(2)14-6-5-12(4)10(13)8(3)9(11)15/h7-8H,5-6H2,1-4H3,(H2,11,15). The third-order valence-electron chi connectivity index (χ3n) is 2.05. The van der Waals surface area contributed by atoms with E-state index in [-0.39, 0.29) is 17.0 Å². The number of thiocarbonyl (C=S) groups is 1. The smallest absolute Gasteiger partial charge is 0.232 e. The van der Waals surface area contributed by atoms with Crippen molar-refractivity contribution >= 4 is 23.1 Å². The molecule has 0 spiro atoms. The first-order valence-corrected chi connectivity index (χ1v) is 5.43. The van der Waals surface area contributed by atoms with E-state index in [1.807, 2.05) is 13.8 Å². The minimum Gasteiger partial charge on any atom is -0.393 e. The van der Waals surface area contributed by atoms with Gasteiger partial charge in [0.25, 0.3) is 0 Å². The molecule has 0 aliphatic rings. The third kappa shape index (κ3) is 5.69. The maximum absolute atomic E-state index is 11.7. The van der Waals surface area contributed by atoms with E-state index < -0.39 is 5.92 Å². The number of carbonyl (C=O) groups is 1. The number of nitrogens with zero attached hydrogens (tertiary/aromatic N) is 1. The van der Waals surface area contributed by atoms with Gasteiger partial charge in [-0.15, -0.1) is 0 Å². The fraction of sp³-hybridized carbons (Fsp3) is 0.800. The maximum Gasteiger partial charge on any atom is 0.232 e. The fourth-order valence-electron chi connectivity index (χ4n) is 0.988. The van der Waals surface area contributed by atoms with Crippen LogP contribution in [0.25, 0.3) is 0 Å². The molecule has 0 heterocycles. The number of amides is 1. The van der Waals surface area contributed by atoms with Crippen molar-refractivity contribution in [3.63, 3.8) is 0 Å². The molecule has 0 saturated carbocycles. The van der Waals surface area contributed by atoms with E-state index in [1.54, 1.807) is 18.9 Å². The van der Waals surface area contributed by atoms with Gasteiger partial charge in [0.1, 0.15) is 0 Å². The van der Waals surface area contributed by atoms with Crippen LogP contribution in [0.3, 0.4) is 0 Å². The number of hydrogen-bond acceptors (Lipinski definition) is 3. The molecule has 1 unspecified atom stereocenters. The molecule has 0 radical (unpaired) electrons. The fourth-order valence-corrected chi connectivity index (χ4v) is 1.09. The minimum absolute atomic E-state index is 0.0603. The average Bonchev–Trinajstić information content (AvgIpc) is 2.14. The molecule has 2 N–H and O–H groups in total. The minimum atomic E-state index is -0.399. The molecule has 1 atom stereocenters. The van der Waals surface area contributed by atoms with Crippen molar-refractivity contribution in [2.75, 3.05) is 20.2 Å². The summed E-state index contributed by atoms with van der Waals surface area (Å²) in [6.45, 7) is 6.72. The second-order valence-corrected chi connectivity index (χ2v) is 4.27. The number of carbonyl (C=O) groups excluding carboxylic acids is 1. The maximum atomic E-state index is 11.7. The zero-order valence-corrected chi connectivity index (χ0v) is 10.6. The van der Waals surface area contributed by atoms with Crippen LogP contribution in [0, 0.1) is 5.92 Å². The Morgan fingerprint density at radius 2 is 2.00 bits per heavy atom. The van der Waals surface area contributed by atoms with E-state index in [1.165, 1.54) is 0 Å².